The molecule has 1 aromatic rings. The van der Waals surface area contributed by atoms with Crippen LogP contribution in [0, 0.1) is 0 Å². The topological polar surface area (TPSA) is 75.6 Å². The summed E-state index contributed by atoms with van der Waals surface area (Å²) in [6.07, 6.45) is -5.17. The number of carboxylic acid groups (broad SMARTS) is 1. The summed E-state index contributed by atoms with van der Waals surface area (Å²) >= 11 is 0. The highest BCUT2D eigenvalue weighted by Gasteiger charge is 2.38. The summed E-state index contributed by atoms with van der Waals surface area (Å²) in [5, 5.41) is 10.1. The van der Waals surface area contributed by atoms with E-state index in [0.29, 0.717) is 12.1 Å². The molecule has 2 N–H and O–H groups in total. The van der Waals surface area contributed by atoms with E-state index in [9.17, 15) is 31.5 Å². The van der Waals surface area contributed by atoms with Gasteiger partial charge in [0.25, 0.3) is 0 Å². The second-order valence-corrected chi connectivity index (χ2v) is 3.35. The summed E-state index contributed by atoms with van der Waals surface area (Å²) in [7, 11) is 0. The minimum atomic E-state index is -5.17. The molecule has 1 aromatic carbocycles. The van der Waals surface area contributed by atoms with Crippen molar-refractivity contribution in [1.29, 1.82) is 0 Å². The van der Waals surface area contributed by atoms with Crippen LogP contribution in [-0.4, -0.2) is 29.8 Å². The molecule has 0 unspecified atom stereocenters. The van der Waals surface area contributed by atoms with Crippen LogP contribution in [-0.2, 0) is 4.79 Å². The number of hydrogen-bond acceptors (Lipinski definition) is 3. The van der Waals surface area contributed by atoms with Crippen molar-refractivity contribution in [2.75, 3.05) is 5.32 Å². The normalized spacial score (nSPS) is 11.3. The number of amides is 1. The van der Waals surface area contributed by atoms with E-state index in [1.165, 1.54) is 5.32 Å². The lowest BCUT2D eigenvalue weighted by molar-refractivity contribution is -0.167. The molecule has 1 amide bonds. The van der Waals surface area contributed by atoms with Crippen LogP contribution in [0.15, 0.2) is 18.2 Å². The molecule has 0 spiro atoms. The van der Waals surface area contributed by atoms with Crippen LogP contribution < -0.4 is 10.1 Å². The molecule has 0 saturated carbocycles. The van der Waals surface area contributed by atoms with Gasteiger partial charge in [0, 0.05) is 5.69 Å². The number of carbonyl (C=O) groups is 2. The molecular formula is C10H6F5NO4. The van der Waals surface area contributed by atoms with Crippen LogP contribution in [0.25, 0.3) is 0 Å². The molecule has 0 aliphatic carbocycles. The molecule has 0 aromatic heterocycles. The average molecular weight is 299 g/mol. The number of carbonyl (C=O) groups excluding carboxylic acids is 1. The smallest absolute Gasteiger partial charge is 0.471 e. The Balaban J connectivity index is 3.05. The van der Waals surface area contributed by atoms with Crippen LogP contribution in [0.2, 0.25) is 0 Å². The number of aromatic carboxylic acids is 1. The average Bonchev–Trinajstić information content (AvgIpc) is 2.28. The fourth-order valence-electron chi connectivity index (χ4n) is 1.18. The van der Waals surface area contributed by atoms with Crippen molar-refractivity contribution in [3.8, 4) is 5.75 Å². The third-order valence-corrected chi connectivity index (χ3v) is 1.94. The molecule has 10 heteroatoms. The van der Waals surface area contributed by atoms with Crippen molar-refractivity contribution in [3.05, 3.63) is 23.8 Å². The lowest BCUT2D eigenvalue weighted by Gasteiger charge is -2.11. The second-order valence-electron chi connectivity index (χ2n) is 3.35. The number of ether oxygens (including phenoxy) is 1. The first-order chi connectivity index (χ1) is 9.11. The van der Waals surface area contributed by atoms with Crippen LogP contribution in [0.4, 0.5) is 27.6 Å². The summed E-state index contributed by atoms with van der Waals surface area (Å²) in [5.41, 5.74) is -1.34. The molecule has 0 atom stereocenters. The van der Waals surface area contributed by atoms with Gasteiger partial charge in [0.2, 0.25) is 0 Å². The Labute approximate surface area is 107 Å². The number of benzene rings is 1. The number of carboxylic acids is 1. The maximum Gasteiger partial charge on any atom is 0.471 e. The van der Waals surface area contributed by atoms with Crippen LogP contribution in [0.5, 0.6) is 5.75 Å². The molecule has 0 radical (unpaired) electrons. The number of nitrogens with one attached hydrogen (secondary N) is 1. The molecule has 20 heavy (non-hydrogen) atoms. The summed E-state index contributed by atoms with van der Waals surface area (Å²) in [6, 6.07) is 2.08. The first kappa shape index (κ1) is 15.7. The third kappa shape index (κ3) is 4.07. The third-order valence-electron chi connectivity index (χ3n) is 1.94. The van der Waals surface area contributed by atoms with Gasteiger partial charge in [0.15, 0.2) is 0 Å². The van der Waals surface area contributed by atoms with Crippen LogP contribution in [0.3, 0.4) is 0 Å². The van der Waals surface area contributed by atoms with E-state index < -0.39 is 41.7 Å². The largest absolute Gasteiger partial charge is 0.478 e. The van der Waals surface area contributed by atoms with E-state index in [-0.39, 0.29) is 0 Å². The molecule has 0 fully saturated rings. The Bertz CT molecular complexity index is 529. The second kappa shape index (κ2) is 5.72. The molecule has 0 bridgehead atoms. The number of halogens is 5. The van der Waals surface area contributed by atoms with E-state index >= 15 is 0 Å². The van der Waals surface area contributed by atoms with Gasteiger partial charge >= 0.3 is 24.7 Å². The minimum Gasteiger partial charge on any atom is -0.478 e. The first-order valence-electron chi connectivity index (χ1n) is 4.81. The fraction of sp³-hybridized carbons (Fsp3) is 0.200. The SMILES string of the molecule is O=C(O)c1cc(NC(=O)C(F)(F)F)ccc1OC(F)F. The van der Waals surface area contributed by atoms with Crippen LogP contribution in [0.1, 0.15) is 10.4 Å². The van der Waals surface area contributed by atoms with Crippen molar-refractivity contribution in [2.24, 2.45) is 0 Å². The van der Waals surface area contributed by atoms with Crippen molar-refractivity contribution in [3.63, 3.8) is 0 Å². The Morgan fingerprint density at radius 2 is 1.85 bits per heavy atom. The van der Waals surface area contributed by atoms with Gasteiger partial charge in [0.1, 0.15) is 11.3 Å². The van der Waals surface area contributed by atoms with E-state index in [2.05, 4.69) is 4.74 Å². The van der Waals surface area contributed by atoms with Crippen LogP contribution >= 0.6 is 0 Å². The summed E-state index contributed by atoms with van der Waals surface area (Å²) in [4.78, 5) is 21.4. The minimum absolute atomic E-state index is 0.522. The Hall–Kier alpha value is -2.39. The van der Waals surface area contributed by atoms with Gasteiger partial charge in [-0.2, -0.15) is 22.0 Å². The maximum absolute atomic E-state index is 12.0. The first-order valence-corrected chi connectivity index (χ1v) is 4.81. The number of rotatable bonds is 4. The van der Waals surface area contributed by atoms with E-state index in [1.54, 1.807) is 0 Å². The molecule has 110 valence electrons. The zero-order valence-electron chi connectivity index (χ0n) is 9.37. The van der Waals surface area contributed by atoms with Gasteiger partial charge in [-0.25, -0.2) is 4.79 Å². The molecule has 1 rings (SSSR count). The van der Waals surface area contributed by atoms with Gasteiger partial charge in [-0.3, -0.25) is 4.79 Å². The summed E-state index contributed by atoms with van der Waals surface area (Å²) in [5.74, 6) is -4.77. The monoisotopic (exact) mass is 299 g/mol. The quantitative estimate of drug-likeness (QED) is 0.838. The molecule has 5 nitrogen and oxygen atoms in total. The maximum atomic E-state index is 12.0. The number of hydrogen-bond donors (Lipinski definition) is 2. The fourth-order valence-corrected chi connectivity index (χ4v) is 1.18. The Morgan fingerprint density at radius 3 is 2.30 bits per heavy atom. The molecule has 0 aliphatic rings. The molecular weight excluding hydrogens is 293 g/mol. The van der Waals surface area contributed by atoms with E-state index in [1.807, 2.05) is 0 Å². The van der Waals surface area contributed by atoms with Gasteiger partial charge in [-0.1, -0.05) is 0 Å². The Morgan fingerprint density at radius 1 is 1.25 bits per heavy atom. The van der Waals surface area contributed by atoms with Crippen molar-refractivity contribution < 1.29 is 41.4 Å². The van der Waals surface area contributed by atoms with Crippen molar-refractivity contribution in [2.45, 2.75) is 12.8 Å². The standard InChI is InChI=1S/C10H6F5NO4/c11-9(12)20-6-2-1-4(3-5(6)7(17)18)16-8(19)10(13,14)15/h1-3,9H,(H,16,19)(H,17,18). The Kier molecular flexibility index (Phi) is 4.48. The number of anilines is 1. The molecule has 0 heterocycles. The van der Waals surface area contributed by atoms with Gasteiger partial charge in [-0.05, 0) is 18.2 Å². The summed E-state index contributed by atoms with van der Waals surface area (Å²) < 4.78 is 63.9. The summed E-state index contributed by atoms with van der Waals surface area (Å²) in [6.45, 7) is -3.30. The van der Waals surface area contributed by atoms with Gasteiger partial charge in [-0.15, -0.1) is 0 Å². The molecule has 0 aliphatic heterocycles. The number of alkyl halides is 5. The predicted molar refractivity (Wildman–Crippen MR) is 54.7 cm³/mol. The predicted octanol–water partition coefficient (Wildman–Crippen LogP) is 2.49. The van der Waals surface area contributed by atoms with E-state index in [4.69, 9.17) is 5.11 Å². The van der Waals surface area contributed by atoms with E-state index in [0.717, 1.165) is 6.07 Å². The van der Waals surface area contributed by atoms with Crippen molar-refractivity contribution in [1.82, 2.24) is 0 Å². The van der Waals surface area contributed by atoms with Crippen molar-refractivity contribution >= 4 is 17.6 Å². The lowest BCUT2D eigenvalue weighted by Crippen LogP contribution is -2.30. The van der Waals surface area contributed by atoms with Gasteiger partial charge in [0.05, 0.1) is 0 Å². The highest BCUT2D eigenvalue weighted by atomic mass is 19.4. The molecule has 0 saturated heterocycles. The zero-order valence-corrected chi connectivity index (χ0v) is 9.37. The lowest BCUT2D eigenvalue weighted by atomic mass is 10.1. The van der Waals surface area contributed by atoms with Gasteiger partial charge < -0.3 is 15.2 Å². The highest BCUT2D eigenvalue weighted by molar-refractivity contribution is 5.97. The zero-order chi connectivity index (χ0) is 15.5. The highest BCUT2D eigenvalue weighted by Crippen LogP contribution is 2.26.